The summed E-state index contributed by atoms with van der Waals surface area (Å²) in [6.45, 7) is 6.93. The summed E-state index contributed by atoms with van der Waals surface area (Å²) in [7, 11) is 0. The first-order valence-electron chi connectivity index (χ1n) is 6.54. The van der Waals surface area contributed by atoms with Crippen LogP contribution in [0.1, 0.15) is 36.5 Å². The third-order valence-corrected chi connectivity index (χ3v) is 3.59. The van der Waals surface area contributed by atoms with Crippen molar-refractivity contribution >= 4 is 11.6 Å². The Bertz CT molecular complexity index is 561. The molecule has 2 rings (SSSR count). The van der Waals surface area contributed by atoms with Crippen molar-refractivity contribution in [3.05, 3.63) is 64.2 Å². The summed E-state index contributed by atoms with van der Waals surface area (Å²) in [4.78, 5) is 0. The van der Waals surface area contributed by atoms with Crippen molar-refractivity contribution in [1.82, 2.24) is 0 Å². The zero-order valence-corrected chi connectivity index (χ0v) is 12.4. The van der Waals surface area contributed by atoms with Gasteiger partial charge in [-0.1, -0.05) is 55.8 Å². The molecule has 0 saturated heterocycles. The summed E-state index contributed by atoms with van der Waals surface area (Å²) >= 11 is 6.13. The van der Waals surface area contributed by atoms with E-state index in [1.165, 1.54) is 5.56 Å². The number of benzene rings is 2. The first-order chi connectivity index (χ1) is 9.08. The molecule has 0 aromatic heterocycles. The van der Waals surface area contributed by atoms with E-state index in [9.17, 15) is 0 Å². The molecule has 0 atom stereocenters. The topological polar surface area (TPSA) is 9.23 Å². The summed E-state index contributed by atoms with van der Waals surface area (Å²) in [6.07, 6.45) is 0. The molecule has 2 aromatic carbocycles. The average molecular weight is 275 g/mol. The summed E-state index contributed by atoms with van der Waals surface area (Å²) in [5.74, 6) is 1.44. The molecule has 0 aliphatic carbocycles. The minimum absolute atomic E-state index is 0.502. The highest BCUT2D eigenvalue weighted by atomic mass is 35.5. The van der Waals surface area contributed by atoms with Crippen molar-refractivity contribution in [2.75, 3.05) is 0 Å². The van der Waals surface area contributed by atoms with E-state index in [2.05, 4.69) is 39.0 Å². The number of hydrogen-bond acceptors (Lipinski definition) is 1. The molecule has 0 radical (unpaired) electrons. The Kier molecular flexibility index (Phi) is 4.49. The molecule has 0 spiro atoms. The maximum atomic E-state index is 6.13. The van der Waals surface area contributed by atoms with E-state index in [4.69, 9.17) is 16.3 Å². The molecule has 0 heterocycles. The van der Waals surface area contributed by atoms with Crippen LogP contribution in [0.15, 0.2) is 42.5 Å². The molecule has 100 valence electrons. The number of aryl methyl sites for hydroxylation is 1. The van der Waals surface area contributed by atoms with Gasteiger partial charge < -0.3 is 4.74 Å². The molecule has 0 amide bonds. The molecule has 0 unspecified atom stereocenters. The van der Waals surface area contributed by atoms with Crippen LogP contribution in [-0.2, 0) is 6.61 Å². The average Bonchev–Trinajstić information content (AvgIpc) is 2.39. The van der Waals surface area contributed by atoms with E-state index in [1.54, 1.807) is 0 Å². The fourth-order valence-electron chi connectivity index (χ4n) is 1.90. The minimum atomic E-state index is 0.502. The van der Waals surface area contributed by atoms with Gasteiger partial charge in [0.05, 0.1) is 0 Å². The maximum Gasteiger partial charge on any atom is 0.123 e. The molecule has 0 N–H and O–H groups in total. The van der Waals surface area contributed by atoms with Gasteiger partial charge in [-0.3, -0.25) is 0 Å². The second-order valence-electron chi connectivity index (χ2n) is 5.06. The normalized spacial score (nSPS) is 10.8. The van der Waals surface area contributed by atoms with Crippen LogP contribution in [0.2, 0.25) is 5.02 Å². The van der Waals surface area contributed by atoms with Crippen LogP contribution in [0.4, 0.5) is 0 Å². The zero-order chi connectivity index (χ0) is 13.8. The molecule has 0 aliphatic heterocycles. The quantitative estimate of drug-likeness (QED) is 0.730. The van der Waals surface area contributed by atoms with E-state index < -0.39 is 0 Å². The van der Waals surface area contributed by atoms with Gasteiger partial charge >= 0.3 is 0 Å². The van der Waals surface area contributed by atoms with Crippen molar-refractivity contribution in [3.63, 3.8) is 0 Å². The first kappa shape index (κ1) is 14.0. The van der Waals surface area contributed by atoms with Gasteiger partial charge in [-0.15, -0.1) is 0 Å². The summed E-state index contributed by atoms with van der Waals surface area (Å²) in [5, 5.41) is 0.750. The fourth-order valence-corrected chi connectivity index (χ4v) is 2.09. The molecule has 2 aromatic rings. The van der Waals surface area contributed by atoms with Crippen molar-refractivity contribution in [1.29, 1.82) is 0 Å². The molecular weight excluding hydrogens is 256 g/mol. The fraction of sp³-hybridized carbons (Fsp3) is 0.294. The first-order valence-corrected chi connectivity index (χ1v) is 6.92. The Morgan fingerprint density at radius 1 is 1.11 bits per heavy atom. The summed E-state index contributed by atoms with van der Waals surface area (Å²) < 4.78 is 5.91. The van der Waals surface area contributed by atoms with Gasteiger partial charge in [0.15, 0.2) is 0 Å². The van der Waals surface area contributed by atoms with Gasteiger partial charge in [0.25, 0.3) is 0 Å². The zero-order valence-electron chi connectivity index (χ0n) is 11.6. The van der Waals surface area contributed by atoms with E-state index in [0.717, 1.165) is 21.9 Å². The number of rotatable bonds is 4. The van der Waals surface area contributed by atoms with E-state index in [0.29, 0.717) is 12.5 Å². The SMILES string of the molecule is Cc1ccc(C(C)C)cc1OCc1ccccc1Cl. The second kappa shape index (κ2) is 6.12. The lowest BCUT2D eigenvalue weighted by Crippen LogP contribution is -1.99. The van der Waals surface area contributed by atoms with Crippen molar-refractivity contribution in [2.45, 2.75) is 33.3 Å². The molecule has 0 bridgehead atoms. The lowest BCUT2D eigenvalue weighted by Gasteiger charge is -2.13. The maximum absolute atomic E-state index is 6.13. The Morgan fingerprint density at radius 2 is 1.84 bits per heavy atom. The van der Waals surface area contributed by atoms with E-state index in [1.807, 2.05) is 24.3 Å². The molecular formula is C17H19ClO. The van der Waals surface area contributed by atoms with Gasteiger partial charge in [0.2, 0.25) is 0 Å². The third kappa shape index (κ3) is 3.51. The van der Waals surface area contributed by atoms with Gasteiger partial charge in [-0.05, 0) is 36.1 Å². The Hall–Kier alpha value is -1.47. The van der Waals surface area contributed by atoms with Crippen LogP contribution in [0.5, 0.6) is 5.75 Å². The predicted molar refractivity (Wildman–Crippen MR) is 81.1 cm³/mol. The van der Waals surface area contributed by atoms with E-state index in [-0.39, 0.29) is 0 Å². The highest BCUT2D eigenvalue weighted by molar-refractivity contribution is 6.31. The number of halogens is 1. The molecule has 0 aliphatic rings. The minimum Gasteiger partial charge on any atom is -0.489 e. The lowest BCUT2D eigenvalue weighted by atomic mass is 10.0. The summed E-state index contributed by atoms with van der Waals surface area (Å²) in [5.41, 5.74) is 3.45. The largest absolute Gasteiger partial charge is 0.489 e. The van der Waals surface area contributed by atoms with Gasteiger partial charge in [-0.2, -0.15) is 0 Å². The summed E-state index contributed by atoms with van der Waals surface area (Å²) in [6, 6.07) is 14.2. The highest BCUT2D eigenvalue weighted by Gasteiger charge is 2.06. The molecule has 1 nitrogen and oxygen atoms in total. The van der Waals surface area contributed by atoms with Crippen molar-refractivity contribution in [2.24, 2.45) is 0 Å². The Morgan fingerprint density at radius 3 is 2.53 bits per heavy atom. The third-order valence-electron chi connectivity index (χ3n) is 3.22. The van der Waals surface area contributed by atoms with Crippen molar-refractivity contribution < 1.29 is 4.74 Å². The molecule has 2 heteroatoms. The van der Waals surface area contributed by atoms with Gasteiger partial charge in [0, 0.05) is 10.6 Å². The van der Waals surface area contributed by atoms with Crippen LogP contribution in [0.3, 0.4) is 0 Å². The van der Waals surface area contributed by atoms with E-state index >= 15 is 0 Å². The van der Waals surface area contributed by atoms with Crippen LogP contribution < -0.4 is 4.74 Å². The standard InChI is InChI=1S/C17H19ClO/c1-12(2)14-9-8-13(3)17(10-14)19-11-15-6-4-5-7-16(15)18/h4-10,12H,11H2,1-3H3. The lowest BCUT2D eigenvalue weighted by molar-refractivity contribution is 0.304. The monoisotopic (exact) mass is 274 g/mol. The smallest absolute Gasteiger partial charge is 0.123 e. The van der Waals surface area contributed by atoms with Crippen LogP contribution >= 0.6 is 11.6 Å². The van der Waals surface area contributed by atoms with Gasteiger partial charge in [-0.25, -0.2) is 0 Å². The Balaban J connectivity index is 2.15. The predicted octanol–water partition coefficient (Wildman–Crippen LogP) is 5.35. The van der Waals surface area contributed by atoms with Crippen LogP contribution in [0, 0.1) is 6.92 Å². The molecule has 19 heavy (non-hydrogen) atoms. The molecule has 0 saturated carbocycles. The van der Waals surface area contributed by atoms with Gasteiger partial charge in [0.1, 0.15) is 12.4 Å². The molecule has 0 fully saturated rings. The highest BCUT2D eigenvalue weighted by Crippen LogP contribution is 2.26. The number of ether oxygens (including phenoxy) is 1. The van der Waals surface area contributed by atoms with Crippen LogP contribution in [0.25, 0.3) is 0 Å². The van der Waals surface area contributed by atoms with Crippen molar-refractivity contribution in [3.8, 4) is 5.75 Å². The Labute approximate surface area is 120 Å². The van der Waals surface area contributed by atoms with Crippen LogP contribution in [-0.4, -0.2) is 0 Å². The second-order valence-corrected chi connectivity index (χ2v) is 5.47. The number of hydrogen-bond donors (Lipinski definition) is 0.